The number of amides is 1. The number of nitrogens with one attached hydrogen (secondary N) is 1. The molecule has 4 heteroatoms. The number of rotatable bonds is 6. The van der Waals surface area contributed by atoms with Gasteiger partial charge in [-0.3, -0.25) is 4.79 Å². The second-order valence-corrected chi connectivity index (χ2v) is 3.32. The quantitative estimate of drug-likeness (QED) is 0.543. The van der Waals surface area contributed by atoms with Crippen molar-refractivity contribution in [3.05, 3.63) is 0 Å². The molecule has 0 aliphatic heterocycles. The molecule has 0 spiro atoms. The van der Waals surface area contributed by atoms with Gasteiger partial charge >= 0.3 is 0 Å². The Kier molecular flexibility index (Phi) is 6.54. The van der Waals surface area contributed by atoms with Crippen molar-refractivity contribution in [2.45, 2.75) is 32.8 Å². The van der Waals surface area contributed by atoms with Gasteiger partial charge in [0.1, 0.15) is 0 Å². The fraction of sp³-hybridized carbons (Fsp3) is 0.889. The number of nitrogens with two attached hydrogens (primary N) is 1. The molecule has 0 rings (SSSR count). The van der Waals surface area contributed by atoms with Gasteiger partial charge in [0.05, 0.1) is 12.0 Å². The van der Waals surface area contributed by atoms with E-state index in [0.29, 0.717) is 13.1 Å². The summed E-state index contributed by atoms with van der Waals surface area (Å²) in [6.07, 6.45) is 1.26. The van der Waals surface area contributed by atoms with Crippen LogP contribution in [0.3, 0.4) is 0 Å². The van der Waals surface area contributed by atoms with Gasteiger partial charge in [0.2, 0.25) is 5.91 Å². The van der Waals surface area contributed by atoms with Crippen LogP contribution < -0.4 is 11.1 Å². The molecule has 0 saturated carbocycles. The third kappa shape index (κ3) is 5.60. The van der Waals surface area contributed by atoms with Crippen molar-refractivity contribution < 1.29 is 9.90 Å². The third-order valence-corrected chi connectivity index (χ3v) is 1.86. The Morgan fingerprint density at radius 3 is 2.62 bits per heavy atom. The molecule has 4 N–H and O–H groups in total. The minimum atomic E-state index is -0.496. The summed E-state index contributed by atoms with van der Waals surface area (Å²) in [7, 11) is 0. The van der Waals surface area contributed by atoms with E-state index in [1.165, 1.54) is 0 Å². The van der Waals surface area contributed by atoms with E-state index in [4.69, 9.17) is 10.8 Å². The largest absolute Gasteiger partial charge is 0.392 e. The fourth-order valence-electron chi connectivity index (χ4n) is 1.10. The monoisotopic (exact) mass is 188 g/mol. The highest BCUT2D eigenvalue weighted by atomic mass is 16.3. The molecule has 0 saturated heterocycles. The molecule has 0 radical (unpaired) electrons. The molecular formula is C9H20N2O2. The van der Waals surface area contributed by atoms with Crippen molar-refractivity contribution in [1.82, 2.24) is 5.32 Å². The molecule has 4 nitrogen and oxygen atoms in total. The maximum Gasteiger partial charge on any atom is 0.224 e. The summed E-state index contributed by atoms with van der Waals surface area (Å²) in [5.41, 5.74) is 5.44. The fourth-order valence-corrected chi connectivity index (χ4v) is 1.10. The standard InChI is InChI=1S/C9H20N2O2/c1-3-4-8(5-10)9(13)11-6-7(2)12/h7-8,12H,3-6,10H2,1-2H3,(H,11,13). The van der Waals surface area contributed by atoms with Crippen LogP contribution in [0.5, 0.6) is 0 Å². The highest BCUT2D eigenvalue weighted by Gasteiger charge is 2.15. The molecule has 2 atom stereocenters. The average molecular weight is 188 g/mol. The van der Waals surface area contributed by atoms with Crippen molar-refractivity contribution in [2.24, 2.45) is 11.7 Å². The van der Waals surface area contributed by atoms with Crippen LogP contribution in [-0.4, -0.2) is 30.2 Å². The summed E-state index contributed by atoms with van der Waals surface area (Å²) >= 11 is 0. The van der Waals surface area contributed by atoms with Gasteiger partial charge in [-0.15, -0.1) is 0 Å². The minimum absolute atomic E-state index is 0.0507. The molecule has 0 aromatic carbocycles. The molecule has 0 bridgehead atoms. The number of aliphatic hydroxyl groups excluding tert-OH is 1. The number of hydrogen-bond donors (Lipinski definition) is 3. The van der Waals surface area contributed by atoms with Gasteiger partial charge in [-0.1, -0.05) is 13.3 Å². The van der Waals surface area contributed by atoms with Gasteiger partial charge < -0.3 is 16.2 Å². The molecule has 1 amide bonds. The highest BCUT2D eigenvalue weighted by Crippen LogP contribution is 2.03. The lowest BCUT2D eigenvalue weighted by atomic mass is 10.0. The van der Waals surface area contributed by atoms with Crippen molar-refractivity contribution >= 4 is 5.91 Å². The van der Waals surface area contributed by atoms with Crippen molar-refractivity contribution in [2.75, 3.05) is 13.1 Å². The van der Waals surface area contributed by atoms with Gasteiger partial charge in [0.15, 0.2) is 0 Å². The van der Waals surface area contributed by atoms with E-state index < -0.39 is 6.10 Å². The van der Waals surface area contributed by atoms with Gasteiger partial charge in [-0.05, 0) is 13.3 Å². The molecule has 13 heavy (non-hydrogen) atoms. The van der Waals surface area contributed by atoms with E-state index in [0.717, 1.165) is 12.8 Å². The van der Waals surface area contributed by atoms with Crippen LogP contribution in [0.15, 0.2) is 0 Å². The van der Waals surface area contributed by atoms with Crippen LogP contribution in [0.1, 0.15) is 26.7 Å². The molecular weight excluding hydrogens is 168 g/mol. The normalized spacial score (nSPS) is 15.1. The zero-order valence-electron chi connectivity index (χ0n) is 8.42. The summed E-state index contributed by atoms with van der Waals surface area (Å²) in [6.45, 7) is 4.33. The zero-order valence-corrected chi connectivity index (χ0v) is 8.42. The lowest BCUT2D eigenvalue weighted by Gasteiger charge is -2.14. The van der Waals surface area contributed by atoms with Crippen LogP contribution in [-0.2, 0) is 4.79 Å². The first-order chi connectivity index (χ1) is 6.11. The summed E-state index contributed by atoms with van der Waals surface area (Å²) in [5, 5.41) is 11.6. The first-order valence-corrected chi connectivity index (χ1v) is 4.77. The Balaban J connectivity index is 3.77. The van der Waals surface area contributed by atoms with Crippen LogP contribution in [0.4, 0.5) is 0 Å². The molecule has 0 aliphatic rings. The Morgan fingerprint density at radius 2 is 2.23 bits per heavy atom. The maximum absolute atomic E-state index is 11.4. The SMILES string of the molecule is CCCC(CN)C(=O)NCC(C)O. The van der Waals surface area contributed by atoms with Crippen molar-refractivity contribution in [3.63, 3.8) is 0 Å². The summed E-state index contributed by atoms with van der Waals surface area (Å²) < 4.78 is 0. The van der Waals surface area contributed by atoms with Crippen LogP contribution >= 0.6 is 0 Å². The summed E-state index contributed by atoms with van der Waals surface area (Å²) in [4.78, 5) is 11.4. The van der Waals surface area contributed by atoms with E-state index in [1.54, 1.807) is 6.92 Å². The molecule has 78 valence electrons. The van der Waals surface area contributed by atoms with Gasteiger partial charge in [-0.2, -0.15) is 0 Å². The highest BCUT2D eigenvalue weighted by molar-refractivity contribution is 5.78. The van der Waals surface area contributed by atoms with E-state index in [1.807, 2.05) is 6.92 Å². The second kappa shape index (κ2) is 6.86. The summed E-state index contributed by atoms with van der Waals surface area (Å²) in [5.74, 6) is -0.158. The van der Waals surface area contributed by atoms with Crippen LogP contribution in [0.2, 0.25) is 0 Å². The van der Waals surface area contributed by atoms with E-state index >= 15 is 0 Å². The molecule has 0 fully saturated rings. The first kappa shape index (κ1) is 12.4. The van der Waals surface area contributed by atoms with Crippen molar-refractivity contribution in [1.29, 1.82) is 0 Å². The minimum Gasteiger partial charge on any atom is -0.392 e. The van der Waals surface area contributed by atoms with Gasteiger partial charge in [-0.25, -0.2) is 0 Å². The summed E-state index contributed by atoms with van der Waals surface area (Å²) in [6, 6.07) is 0. The maximum atomic E-state index is 11.4. The molecule has 0 aromatic rings. The lowest BCUT2D eigenvalue weighted by Crippen LogP contribution is -2.38. The zero-order chi connectivity index (χ0) is 10.3. The Bertz CT molecular complexity index is 149. The van der Waals surface area contributed by atoms with E-state index in [9.17, 15) is 4.79 Å². The molecule has 0 aromatic heterocycles. The van der Waals surface area contributed by atoms with Crippen molar-refractivity contribution in [3.8, 4) is 0 Å². The molecule has 2 unspecified atom stereocenters. The topological polar surface area (TPSA) is 75.4 Å². The number of hydrogen-bond acceptors (Lipinski definition) is 3. The lowest BCUT2D eigenvalue weighted by molar-refractivity contribution is -0.125. The van der Waals surface area contributed by atoms with Gasteiger partial charge in [0.25, 0.3) is 0 Å². The van der Waals surface area contributed by atoms with Crippen LogP contribution in [0, 0.1) is 5.92 Å². The average Bonchev–Trinajstić information content (AvgIpc) is 2.10. The molecule has 0 aliphatic carbocycles. The first-order valence-electron chi connectivity index (χ1n) is 4.77. The smallest absolute Gasteiger partial charge is 0.224 e. The predicted molar refractivity (Wildman–Crippen MR) is 52.1 cm³/mol. The Morgan fingerprint density at radius 1 is 1.62 bits per heavy atom. The number of carbonyl (C=O) groups excluding carboxylic acids is 1. The predicted octanol–water partition coefficient (Wildman–Crippen LogP) is -0.142. The molecule has 0 heterocycles. The van der Waals surface area contributed by atoms with Crippen LogP contribution in [0.25, 0.3) is 0 Å². The second-order valence-electron chi connectivity index (χ2n) is 3.32. The van der Waals surface area contributed by atoms with E-state index in [-0.39, 0.29) is 11.8 Å². The van der Waals surface area contributed by atoms with E-state index in [2.05, 4.69) is 5.32 Å². The Labute approximate surface area is 79.5 Å². The number of carbonyl (C=O) groups is 1. The van der Waals surface area contributed by atoms with Gasteiger partial charge in [0, 0.05) is 13.1 Å². The third-order valence-electron chi connectivity index (χ3n) is 1.86. The number of aliphatic hydroxyl groups is 1. The Hall–Kier alpha value is -0.610.